The van der Waals surface area contributed by atoms with Crippen LogP contribution in [0.15, 0.2) is 66.4 Å². The molecule has 8 heteroatoms. The van der Waals surface area contributed by atoms with Crippen LogP contribution in [0.1, 0.15) is 29.3 Å². The Bertz CT molecular complexity index is 1260. The van der Waals surface area contributed by atoms with E-state index >= 15 is 0 Å². The number of ketones is 1. The number of para-hydroxylation sites is 2. The van der Waals surface area contributed by atoms with Gasteiger partial charge in [-0.3, -0.25) is 9.59 Å². The molecule has 1 N–H and O–H groups in total. The fourth-order valence-corrected chi connectivity index (χ4v) is 4.50. The molecule has 182 valence electrons. The topological polar surface area (TPSA) is 87.9 Å². The second-order valence-corrected chi connectivity index (χ2v) is 8.78. The highest BCUT2D eigenvalue weighted by atomic mass is 16.5. The molecule has 1 atom stereocenters. The van der Waals surface area contributed by atoms with E-state index in [4.69, 9.17) is 4.74 Å². The molecule has 0 bridgehead atoms. The number of benzene rings is 2. The lowest BCUT2D eigenvalue weighted by molar-refractivity contribution is -0.140. The molecule has 1 aliphatic rings. The molecule has 35 heavy (non-hydrogen) atoms. The number of Topliss-reactive ketones (excluding diaryl/α,β-unsaturated/α-hetero) is 1. The van der Waals surface area contributed by atoms with Gasteiger partial charge in [-0.05, 0) is 52.2 Å². The smallest absolute Gasteiger partial charge is 0.295 e. The van der Waals surface area contributed by atoms with Crippen molar-refractivity contribution in [2.75, 3.05) is 34.3 Å². The molecule has 1 amide bonds. The fourth-order valence-electron chi connectivity index (χ4n) is 4.50. The molecule has 2 aromatic carbocycles. The minimum atomic E-state index is -0.771. The van der Waals surface area contributed by atoms with Gasteiger partial charge < -0.3 is 19.6 Å². The van der Waals surface area contributed by atoms with Gasteiger partial charge in [0.15, 0.2) is 0 Å². The molecule has 1 aromatic heterocycles. The van der Waals surface area contributed by atoms with Crippen molar-refractivity contribution in [2.24, 2.45) is 0 Å². The number of aromatic nitrogens is 2. The summed E-state index contributed by atoms with van der Waals surface area (Å²) in [6.45, 7) is 2.94. The standard InChI is InChI=1S/C27H30N4O4/c1-18-21(17-28-31(18)19-11-6-5-7-12-19)25(32)23-24(20-13-8-9-14-22(20)35-4)30(27(34)26(23)33)16-10-15-29(2)3/h5-9,11-14,17,24,32H,10,15-16H2,1-4H3/t24-/m1/s1. The van der Waals surface area contributed by atoms with E-state index in [1.165, 1.54) is 11.1 Å². The first-order chi connectivity index (χ1) is 16.8. The Morgan fingerprint density at radius 3 is 2.46 bits per heavy atom. The van der Waals surface area contributed by atoms with Crippen molar-refractivity contribution in [1.82, 2.24) is 19.6 Å². The van der Waals surface area contributed by atoms with Gasteiger partial charge in [0.2, 0.25) is 0 Å². The predicted molar refractivity (Wildman–Crippen MR) is 133 cm³/mol. The lowest BCUT2D eigenvalue weighted by Gasteiger charge is -2.27. The van der Waals surface area contributed by atoms with Gasteiger partial charge in [0.1, 0.15) is 11.5 Å². The summed E-state index contributed by atoms with van der Waals surface area (Å²) in [5, 5.41) is 15.9. The number of hydrogen-bond acceptors (Lipinski definition) is 6. The first-order valence-electron chi connectivity index (χ1n) is 11.5. The van der Waals surface area contributed by atoms with Crippen molar-refractivity contribution in [1.29, 1.82) is 0 Å². The number of hydrogen-bond donors (Lipinski definition) is 1. The van der Waals surface area contributed by atoms with E-state index in [1.807, 2.05) is 74.4 Å². The fraction of sp³-hybridized carbons (Fsp3) is 0.296. The van der Waals surface area contributed by atoms with Crippen LogP contribution in [0.5, 0.6) is 5.75 Å². The largest absolute Gasteiger partial charge is 0.507 e. The van der Waals surface area contributed by atoms with Crippen LogP contribution in [0.2, 0.25) is 0 Å². The summed E-state index contributed by atoms with van der Waals surface area (Å²) in [7, 11) is 5.46. The van der Waals surface area contributed by atoms with Gasteiger partial charge in [-0.25, -0.2) is 4.68 Å². The van der Waals surface area contributed by atoms with E-state index in [1.54, 1.807) is 17.9 Å². The monoisotopic (exact) mass is 474 g/mol. The van der Waals surface area contributed by atoms with Crippen molar-refractivity contribution < 1.29 is 19.4 Å². The maximum atomic E-state index is 13.3. The van der Waals surface area contributed by atoms with Crippen LogP contribution in [0.25, 0.3) is 11.4 Å². The van der Waals surface area contributed by atoms with Gasteiger partial charge in [0.05, 0.1) is 41.9 Å². The molecule has 8 nitrogen and oxygen atoms in total. The minimum absolute atomic E-state index is 0.0417. The molecule has 1 fully saturated rings. The molecule has 0 radical (unpaired) electrons. The highest BCUT2D eigenvalue weighted by molar-refractivity contribution is 6.46. The van der Waals surface area contributed by atoms with Crippen LogP contribution in [-0.2, 0) is 9.59 Å². The summed E-state index contributed by atoms with van der Waals surface area (Å²) in [4.78, 5) is 30.0. The highest BCUT2D eigenvalue weighted by Gasteiger charge is 2.47. The van der Waals surface area contributed by atoms with E-state index in [0.29, 0.717) is 35.5 Å². The summed E-state index contributed by atoms with van der Waals surface area (Å²) in [5.41, 5.74) is 2.58. The van der Waals surface area contributed by atoms with Gasteiger partial charge >= 0.3 is 0 Å². The molecule has 4 rings (SSSR count). The minimum Gasteiger partial charge on any atom is -0.507 e. The van der Waals surface area contributed by atoms with Crippen molar-refractivity contribution in [3.8, 4) is 11.4 Å². The average molecular weight is 475 g/mol. The molecule has 0 spiro atoms. The van der Waals surface area contributed by atoms with Crippen LogP contribution in [-0.4, -0.2) is 70.7 Å². The molecule has 2 heterocycles. The lowest BCUT2D eigenvalue weighted by Crippen LogP contribution is -2.32. The molecular formula is C27H30N4O4. The van der Waals surface area contributed by atoms with Crippen LogP contribution in [0.4, 0.5) is 0 Å². The zero-order valence-electron chi connectivity index (χ0n) is 20.4. The molecule has 0 saturated carbocycles. The Hall–Kier alpha value is -3.91. The Balaban J connectivity index is 1.84. The third-order valence-corrected chi connectivity index (χ3v) is 6.24. The van der Waals surface area contributed by atoms with E-state index in [2.05, 4.69) is 5.10 Å². The molecule has 0 unspecified atom stereocenters. The number of methoxy groups -OCH3 is 1. The summed E-state index contributed by atoms with van der Waals surface area (Å²) >= 11 is 0. The van der Waals surface area contributed by atoms with Gasteiger partial charge in [-0.15, -0.1) is 0 Å². The van der Waals surface area contributed by atoms with Gasteiger partial charge in [0, 0.05) is 12.1 Å². The van der Waals surface area contributed by atoms with E-state index < -0.39 is 17.7 Å². The molecule has 1 aliphatic heterocycles. The molecular weight excluding hydrogens is 444 g/mol. The number of ether oxygens (including phenoxy) is 1. The Morgan fingerprint density at radius 1 is 1.09 bits per heavy atom. The van der Waals surface area contributed by atoms with Gasteiger partial charge in [-0.1, -0.05) is 36.4 Å². The van der Waals surface area contributed by atoms with Crippen molar-refractivity contribution in [3.63, 3.8) is 0 Å². The first kappa shape index (κ1) is 24.2. The Morgan fingerprint density at radius 2 is 1.77 bits per heavy atom. The number of likely N-dealkylation sites (tertiary alicyclic amines) is 1. The van der Waals surface area contributed by atoms with Crippen molar-refractivity contribution in [3.05, 3.63) is 83.2 Å². The lowest BCUT2D eigenvalue weighted by atomic mass is 9.94. The third kappa shape index (κ3) is 4.57. The highest BCUT2D eigenvalue weighted by Crippen LogP contribution is 2.43. The molecule has 1 saturated heterocycles. The normalized spacial score (nSPS) is 17.4. The first-order valence-corrected chi connectivity index (χ1v) is 11.5. The van der Waals surface area contributed by atoms with E-state index in [0.717, 1.165) is 12.2 Å². The summed E-state index contributed by atoms with van der Waals surface area (Å²) < 4.78 is 7.26. The number of amides is 1. The maximum absolute atomic E-state index is 13.3. The molecule has 3 aromatic rings. The second kappa shape index (κ2) is 10.1. The maximum Gasteiger partial charge on any atom is 0.295 e. The van der Waals surface area contributed by atoms with E-state index in [-0.39, 0.29) is 11.3 Å². The van der Waals surface area contributed by atoms with Crippen LogP contribution in [0, 0.1) is 6.92 Å². The number of nitrogens with zero attached hydrogens (tertiary/aromatic N) is 4. The average Bonchev–Trinajstić information content (AvgIpc) is 3.36. The Labute approximate surface area is 205 Å². The van der Waals surface area contributed by atoms with Gasteiger partial charge in [0.25, 0.3) is 11.7 Å². The molecule has 0 aliphatic carbocycles. The summed E-state index contributed by atoms with van der Waals surface area (Å²) in [6, 6.07) is 16.0. The quantitative estimate of drug-likeness (QED) is 0.305. The Kier molecular flexibility index (Phi) is 7.02. The van der Waals surface area contributed by atoms with Crippen LogP contribution < -0.4 is 4.74 Å². The van der Waals surface area contributed by atoms with Crippen molar-refractivity contribution >= 4 is 17.4 Å². The zero-order chi connectivity index (χ0) is 25.1. The third-order valence-electron chi connectivity index (χ3n) is 6.24. The number of aliphatic hydroxyl groups excluding tert-OH is 1. The predicted octanol–water partition coefficient (Wildman–Crippen LogP) is 3.56. The zero-order valence-corrected chi connectivity index (χ0v) is 20.4. The summed E-state index contributed by atoms with van der Waals surface area (Å²) in [6.07, 6.45) is 2.20. The number of carbonyl (C=O) groups excluding carboxylic acids is 2. The van der Waals surface area contributed by atoms with Crippen LogP contribution in [0.3, 0.4) is 0 Å². The number of carbonyl (C=O) groups is 2. The van der Waals surface area contributed by atoms with Gasteiger partial charge in [-0.2, -0.15) is 5.10 Å². The number of aliphatic hydroxyl groups is 1. The van der Waals surface area contributed by atoms with Crippen LogP contribution >= 0.6 is 0 Å². The second-order valence-electron chi connectivity index (χ2n) is 8.78. The van der Waals surface area contributed by atoms with Crippen molar-refractivity contribution in [2.45, 2.75) is 19.4 Å². The number of rotatable bonds is 8. The SMILES string of the molecule is COc1ccccc1[C@@H]1C(=C(O)c2cnn(-c3ccccc3)c2C)C(=O)C(=O)N1CCCN(C)C. The van der Waals surface area contributed by atoms with E-state index in [9.17, 15) is 14.7 Å². The summed E-state index contributed by atoms with van der Waals surface area (Å²) in [5.74, 6) is -1.04.